The summed E-state index contributed by atoms with van der Waals surface area (Å²) in [5.41, 5.74) is 2.14. The SMILES string of the molecule is Cc1c(CN2CCN(C(=O)C3CCCC3)C(C)C2)cc(F)cc1NC(=O)C1CCC(F)C1. The number of nitrogens with zero attached hydrogens (tertiary/aromatic N) is 2. The van der Waals surface area contributed by atoms with E-state index >= 15 is 0 Å². The molecule has 2 amide bonds. The van der Waals surface area contributed by atoms with E-state index in [1.165, 1.54) is 12.1 Å². The van der Waals surface area contributed by atoms with Crippen LogP contribution in [0.15, 0.2) is 12.1 Å². The van der Waals surface area contributed by atoms with Gasteiger partial charge < -0.3 is 10.2 Å². The van der Waals surface area contributed by atoms with Gasteiger partial charge in [0.05, 0.1) is 0 Å². The summed E-state index contributed by atoms with van der Waals surface area (Å²) in [5, 5.41) is 2.84. The molecule has 176 valence electrons. The number of alkyl halides is 1. The van der Waals surface area contributed by atoms with E-state index in [0.29, 0.717) is 37.5 Å². The molecular formula is C25H35F2N3O2. The van der Waals surface area contributed by atoms with Gasteiger partial charge in [0.1, 0.15) is 12.0 Å². The van der Waals surface area contributed by atoms with Crippen molar-refractivity contribution in [1.29, 1.82) is 0 Å². The van der Waals surface area contributed by atoms with E-state index in [-0.39, 0.29) is 30.2 Å². The molecule has 5 nitrogen and oxygen atoms in total. The second-order valence-electron chi connectivity index (χ2n) is 9.93. The molecule has 3 unspecified atom stereocenters. The van der Waals surface area contributed by atoms with Gasteiger partial charge in [-0.25, -0.2) is 8.78 Å². The number of halogens is 2. The zero-order chi connectivity index (χ0) is 22.8. The highest BCUT2D eigenvalue weighted by atomic mass is 19.1. The molecule has 3 atom stereocenters. The molecule has 1 heterocycles. The second kappa shape index (κ2) is 9.86. The molecule has 2 aliphatic carbocycles. The number of anilines is 1. The minimum Gasteiger partial charge on any atom is -0.337 e. The minimum absolute atomic E-state index is 0.126. The summed E-state index contributed by atoms with van der Waals surface area (Å²) in [6, 6.07) is 3.00. The van der Waals surface area contributed by atoms with Crippen LogP contribution < -0.4 is 5.32 Å². The summed E-state index contributed by atoms with van der Waals surface area (Å²) in [6.45, 7) is 6.73. The van der Waals surface area contributed by atoms with Gasteiger partial charge in [0, 0.05) is 49.7 Å². The molecule has 2 saturated carbocycles. The largest absolute Gasteiger partial charge is 0.337 e. The van der Waals surface area contributed by atoms with E-state index in [9.17, 15) is 18.4 Å². The highest BCUT2D eigenvalue weighted by Gasteiger charge is 2.33. The van der Waals surface area contributed by atoms with Crippen molar-refractivity contribution in [3.63, 3.8) is 0 Å². The van der Waals surface area contributed by atoms with Crippen LogP contribution in [0.25, 0.3) is 0 Å². The molecule has 32 heavy (non-hydrogen) atoms. The number of benzene rings is 1. The summed E-state index contributed by atoms with van der Waals surface area (Å²) in [5.74, 6) is -0.476. The Morgan fingerprint density at radius 1 is 1.09 bits per heavy atom. The quantitative estimate of drug-likeness (QED) is 0.726. The number of hydrogen-bond donors (Lipinski definition) is 1. The number of nitrogens with one attached hydrogen (secondary N) is 1. The van der Waals surface area contributed by atoms with Gasteiger partial charge in [0.2, 0.25) is 11.8 Å². The summed E-state index contributed by atoms with van der Waals surface area (Å²) in [6.07, 6.45) is 4.60. The van der Waals surface area contributed by atoms with Gasteiger partial charge in [-0.3, -0.25) is 14.5 Å². The van der Waals surface area contributed by atoms with Crippen LogP contribution in [0.3, 0.4) is 0 Å². The van der Waals surface area contributed by atoms with Gasteiger partial charge in [0.15, 0.2) is 0 Å². The van der Waals surface area contributed by atoms with Crippen LogP contribution in [-0.4, -0.2) is 53.5 Å². The lowest BCUT2D eigenvalue weighted by atomic mass is 10.0. The first kappa shape index (κ1) is 23.1. The average molecular weight is 448 g/mol. The first-order valence-electron chi connectivity index (χ1n) is 12.1. The standard InChI is InChI=1S/C25H35F2N3O2/c1-16-14-29(9-10-30(16)25(32)18-5-3-4-6-18)15-20-12-22(27)13-23(17(20)2)28-24(31)19-7-8-21(26)11-19/h12-13,16,18-19,21H,3-11,14-15H2,1-2H3,(H,28,31). The first-order valence-corrected chi connectivity index (χ1v) is 12.1. The van der Waals surface area contributed by atoms with E-state index < -0.39 is 12.0 Å². The molecule has 1 N–H and O–H groups in total. The lowest BCUT2D eigenvalue weighted by Gasteiger charge is -2.41. The fourth-order valence-electron chi connectivity index (χ4n) is 5.58. The van der Waals surface area contributed by atoms with Crippen LogP contribution in [0.4, 0.5) is 14.5 Å². The van der Waals surface area contributed by atoms with E-state index in [1.807, 2.05) is 11.8 Å². The van der Waals surface area contributed by atoms with E-state index in [1.54, 1.807) is 0 Å². The number of carbonyl (C=O) groups is 2. The maximum Gasteiger partial charge on any atom is 0.227 e. The Bertz CT molecular complexity index is 856. The lowest BCUT2D eigenvalue weighted by molar-refractivity contribution is -0.140. The molecule has 0 spiro atoms. The van der Waals surface area contributed by atoms with Crippen molar-refractivity contribution >= 4 is 17.5 Å². The maximum atomic E-state index is 14.4. The van der Waals surface area contributed by atoms with Crippen molar-refractivity contribution in [2.75, 3.05) is 25.0 Å². The van der Waals surface area contributed by atoms with Crippen LogP contribution in [0, 0.1) is 24.6 Å². The normalized spacial score (nSPS) is 27.1. The van der Waals surface area contributed by atoms with Crippen LogP contribution in [0.2, 0.25) is 0 Å². The van der Waals surface area contributed by atoms with Crippen molar-refractivity contribution < 1.29 is 18.4 Å². The van der Waals surface area contributed by atoms with Crippen molar-refractivity contribution in [3.05, 3.63) is 29.1 Å². The Morgan fingerprint density at radius 2 is 1.84 bits per heavy atom. The Kier molecular flexibility index (Phi) is 7.13. The number of rotatable bonds is 5. The van der Waals surface area contributed by atoms with Crippen molar-refractivity contribution in [2.45, 2.75) is 77.6 Å². The predicted molar refractivity (Wildman–Crippen MR) is 120 cm³/mol. The molecule has 3 aliphatic rings. The van der Waals surface area contributed by atoms with Crippen molar-refractivity contribution in [3.8, 4) is 0 Å². The molecule has 0 aromatic heterocycles. The molecule has 7 heteroatoms. The van der Waals surface area contributed by atoms with Gasteiger partial charge >= 0.3 is 0 Å². The van der Waals surface area contributed by atoms with Gasteiger partial charge in [-0.05, 0) is 69.2 Å². The highest BCUT2D eigenvalue weighted by Crippen LogP contribution is 2.31. The number of hydrogen-bond acceptors (Lipinski definition) is 3. The third kappa shape index (κ3) is 5.13. The summed E-state index contributed by atoms with van der Waals surface area (Å²) < 4.78 is 27.9. The van der Waals surface area contributed by atoms with E-state index in [4.69, 9.17) is 0 Å². The molecular weight excluding hydrogens is 412 g/mol. The lowest BCUT2D eigenvalue weighted by Crippen LogP contribution is -2.54. The zero-order valence-corrected chi connectivity index (χ0v) is 19.2. The predicted octanol–water partition coefficient (Wildman–Crippen LogP) is 4.43. The molecule has 1 aromatic carbocycles. The molecule has 0 radical (unpaired) electrons. The Balaban J connectivity index is 1.39. The monoisotopic (exact) mass is 447 g/mol. The van der Waals surface area contributed by atoms with Crippen LogP contribution in [0.1, 0.15) is 63.0 Å². The third-order valence-corrected chi connectivity index (χ3v) is 7.57. The average Bonchev–Trinajstić information content (AvgIpc) is 3.43. The summed E-state index contributed by atoms with van der Waals surface area (Å²) in [7, 11) is 0. The Labute approximate surface area is 189 Å². The van der Waals surface area contributed by atoms with Gasteiger partial charge in [-0.2, -0.15) is 0 Å². The van der Waals surface area contributed by atoms with Crippen LogP contribution >= 0.6 is 0 Å². The van der Waals surface area contributed by atoms with Gasteiger partial charge in [-0.1, -0.05) is 12.8 Å². The van der Waals surface area contributed by atoms with Gasteiger partial charge in [0.25, 0.3) is 0 Å². The summed E-state index contributed by atoms with van der Waals surface area (Å²) in [4.78, 5) is 29.6. The maximum absolute atomic E-state index is 14.4. The molecule has 1 saturated heterocycles. The van der Waals surface area contributed by atoms with E-state index in [2.05, 4.69) is 17.1 Å². The Morgan fingerprint density at radius 3 is 2.50 bits per heavy atom. The number of carbonyl (C=O) groups excluding carboxylic acids is 2. The topological polar surface area (TPSA) is 52.6 Å². The van der Waals surface area contributed by atoms with Gasteiger partial charge in [-0.15, -0.1) is 0 Å². The molecule has 0 bridgehead atoms. The summed E-state index contributed by atoms with van der Waals surface area (Å²) >= 11 is 0. The van der Waals surface area contributed by atoms with E-state index in [0.717, 1.165) is 49.9 Å². The molecule has 3 fully saturated rings. The molecule has 1 aliphatic heterocycles. The van der Waals surface area contributed by atoms with Crippen LogP contribution in [-0.2, 0) is 16.1 Å². The number of piperazine rings is 1. The fraction of sp³-hybridized carbons (Fsp3) is 0.680. The van der Waals surface area contributed by atoms with Crippen LogP contribution in [0.5, 0.6) is 0 Å². The molecule has 4 rings (SSSR count). The third-order valence-electron chi connectivity index (χ3n) is 7.57. The molecule has 1 aromatic rings. The minimum atomic E-state index is -0.920. The zero-order valence-electron chi connectivity index (χ0n) is 19.2. The smallest absolute Gasteiger partial charge is 0.227 e. The van der Waals surface area contributed by atoms with Crippen molar-refractivity contribution in [1.82, 2.24) is 9.80 Å². The Hall–Kier alpha value is -2.02. The fourth-order valence-corrected chi connectivity index (χ4v) is 5.58. The van der Waals surface area contributed by atoms with Crippen molar-refractivity contribution in [2.24, 2.45) is 11.8 Å². The number of amides is 2. The second-order valence-corrected chi connectivity index (χ2v) is 9.93. The highest BCUT2D eigenvalue weighted by molar-refractivity contribution is 5.93. The first-order chi connectivity index (χ1) is 15.3.